The minimum absolute atomic E-state index is 0.0926. The lowest BCUT2D eigenvalue weighted by Crippen LogP contribution is -2.11. The summed E-state index contributed by atoms with van der Waals surface area (Å²) in [6, 6.07) is 23.6. The van der Waals surface area contributed by atoms with Gasteiger partial charge in [0.05, 0.1) is 11.0 Å². The first-order valence-electron chi connectivity index (χ1n) is 9.08. The van der Waals surface area contributed by atoms with E-state index >= 15 is 0 Å². The lowest BCUT2D eigenvalue weighted by atomic mass is 10.1. The Bertz CT molecular complexity index is 1030. The molecule has 4 nitrogen and oxygen atoms in total. The molecule has 0 atom stereocenters. The molecule has 134 valence electrons. The number of H-pyrrole nitrogens is 1. The van der Waals surface area contributed by atoms with E-state index < -0.39 is 0 Å². The molecule has 0 spiro atoms. The molecular formula is C23H21N3O. The first-order valence-corrected chi connectivity index (χ1v) is 9.08. The number of rotatable bonds is 5. The average molecular weight is 355 g/mol. The largest absolute Gasteiger partial charge is 0.342 e. The number of benzene rings is 3. The average Bonchev–Trinajstić information content (AvgIpc) is 3.11. The number of fused-ring (bicyclic) bond motifs is 1. The Balaban J connectivity index is 1.37. The molecule has 0 saturated carbocycles. The van der Waals surface area contributed by atoms with E-state index in [0.717, 1.165) is 41.0 Å². The van der Waals surface area contributed by atoms with Crippen LogP contribution in [0.5, 0.6) is 0 Å². The Morgan fingerprint density at radius 3 is 2.41 bits per heavy atom. The topological polar surface area (TPSA) is 57.8 Å². The zero-order valence-electron chi connectivity index (χ0n) is 15.2. The zero-order chi connectivity index (χ0) is 18.6. The van der Waals surface area contributed by atoms with E-state index in [2.05, 4.69) is 15.3 Å². The van der Waals surface area contributed by atoms with Crippen LogP contribution in [0.3, 0.4) is 0 Å². The van der Waals surface area contributed by atoms with Crippen LogP contribution in [0.1, 0.15) is 27.3 Å². The Labute approximate surface area is 158 Å². The summed E-state index contributed by atoms with van der Waals surface area (Å²) in [4.78, 5) is 20.3. The highest BCUT2D eigenvalue weighted by Gasteiger charge is 2.06. The minimum atomic E-state index is -0.0926. The van der Waals surface area contributed by atoms with Gasteiger partial charge in [0.2, 0.25) is 0 Å². The molecule has 2 N–H and O–H groups in total. The lowest BCUT2D eigenvalue weighted by Gasteiger charge is -2.07. The predicted molar refractivity (Wildman–Crippen MR) is 109 cm³/mol. The molecule has 4 heteroatoms. The van der Waals surface area contributed by atoms with E-state index in [1.165, 1.54) is 5.56 Å². The van der Waals surface area contributed by atoms with Crippen LogP contribution >= 0.6 is 0 Å². The number of aromatic amines is 1. The molecule has 1 heterocycles. The molecule has 0 aliphatic carbocycles. The van der Waals surface area contributed by atoms with Crippen molar-refractivity contribution in [2.75, 3.05) is 5.32 Å². The Hall–Kier alpha value is -3.40. The molecule has 0 saturated heterocycles. The van der Waals surface area contributed by atoms with Crippen LogP contribution in [0.25, 0.3) is 11.0 Å². The zero-order valence-corrected chi connectivity index (χ0v) is 15.2. The van der Waals surface area contributed by atoms with Crippen LogP contribution < -0.4 is 5.32 Å². The number of aryl methyl sites for hydroxylation is 3. The maximum atomic E-state index is 12.3. The molecule has 0 bridgehead atoms. The number of nitrogens with one attached hydrogen (secondary N) is 2. The molecule has 3 aromatic carbocycles. The van der Waals surface area contributed by atoms with Crippen molar-refractivity contribution in [3.63, 3.8) is 0 Å². The van der Waals surface area contributed by atoms with Gasteiger partial charge in [-0.3, -0.25) is 4.79 Å². The second kappa shape index (κ2) is 7.46. The Kier molecular flexibility index (Phi) is 4.71. The molecule has 1 aromatic heterocycles. The van der Waals surface area contributed by atoms with Crippen LogP contribution in [0.2, 0.25) is 0 Å². The number of hydrogen-bond acceptors (Lipinski definition) is 2. The molecule has 0 unspecified atom stereocenters. The number of carbonyl (C=O) groups is 1. The third kappa shape index (κ3) is 4.06. The first-order chi connectivity index (χ1) is 13.2. The maximum Gasteiger partial charge on any atom is 0.255 e. The molecule has 4 rings (SSSR count). The van der Waals surface area contributed by atoms with Crippen LogP contribution in [-0.2, 0) is 12.8 Å². The second-order valence-corrected chi connectivity index (χ2v) is 6.72. The summed E-state index contributed by atoms with van der Waals surface area (Å²) in [6.07, 6.45) is 1.75. The molecule has 1 amide bonds. The normalized spacial score (nSPS) is 10.9. The monoisotopic (exact) mass is 355 g/mol. The van der Waals surface area contributed by atoms with Crippen molar-refractivity contribution in [2.24, 2.45) is 0 Å². The summed E-state index contributed by atoms with van der Waals surface area (Å²) in [5, 5.41) is 2.94. The van der Waals surface area contributed by atoms with Crippen molar-refractivity contribution in [3.8, 4) is 0 Å². The molecule has 0 aliphatic rings. The van der Waals surface area contributed by atoms with E-state index in [0.29, 0.717) is 5.56 Å². The highest BCUT2D eigenvalue weighted by molar-refractivity contribution is 6.04. The summed E-state index contributed by atoms with van der Waals surface area (Å²) < 4.78 is 0. The Morgan fingerprint density at radius 1 is 0.926 bits per heavy atom. The number of nitrogens with zero attached hydrogens (tertiary/aromatic N) is 1. The fourth-order valence-corrected chi connectivity index (χ4v) is 3.05. The van der Waals surface area contributed by atoms with Crippen LogP contribution in [0.4, 0.5) is 5.69 Å². The summed E-state index contributed by atoms with van der Waals surface area (Å²) in [6.45, 7) is 2.01. The maximum absolute atomic E-state index is 12.3. The number of carbonyl (C=O) groups excluding carboxylic acids is 1. The lowest BCUT2D eigenvalue weighted by molar-refractivity contribution is 0.102. The standard InChI is InChI=1S/C23H21N3O/c1-16-6-11-18(12-7-16)23(27)24-19-13-8-17(9-14-19)10-15-22-25-20-4-2-3-5-21(20)26-22/h2-9,11-14H,10,15H2,1H3,(H,24,27)(H,25,26). The number of anilines is 1. The fraction of sp³-hybridized carbons (Fsp3) is 0.130. The third-order valence-corrected chi connectivity index (χ3v) is 4.61. The van der Waals surface area contributed by atoms with Gasteiger partial charge in [-0.15, -0.1) is 0 Å². The number of imidazole rings is 1. The SMILES string of the molecule is Cc1ccc(C(=O)Nc2ccc(CCc3nc4ccccc4[nH]3)cc2)cc1. The highest BCUT2D eigenvalue weighted by atomic mass is 16.1. The van der Waals surface area contributed by atoms with Gasteiger partial charge in [-0.05, 0) is 55.3 Å². The van der Waals surface area contributed by atoms with Gasteiger partial charge >= 0.3 is 0 Å². The number of para-hydroxylation sites is 2. The van der Waals surface area contributed by atoms with Gasteiger partial charge in [0.1, 0.15) is 5.82 Å². The molecule has 0 fully saturated rings. The molecular weight excluding hydrogens is 334 g/mol. The van der Waals surface area contributed by atoms with Crippen molar-refractivity contribution >= 4 is 22.6 Å². The van der Waals surface area contributed by atoms with Crippen molar-refractivity contribution < 1.29 is 4.79 Å². The van der Waals surface area contributed by atoms with E-state index in [9.17, 15) is 4.79 Å². The Morgan fingerprint density at radius 2 is 1.67 bits per heavy atom. The smallest absolute Gasteiger partial charge is 0.255 e. The van der Waals surface area contributed by atoms with Gasteiger partial charge in [-0.25, -0.2) is 4.98 Å². The van der Waals surface area contributed by atoms with Crippen LogP contribution in [-0.4, -0.2) is 15.9 Å². The molecule has 27 heavy (non-hydrogen) atoms. The minimum Gasteiger partial charge on any atom is -0.342 e. The van der Waals surface area contributed by atoms with Crippen LogP contribution in [0.15, 0.2) is 72.8 Å². The summed E-state index contributed by atoms with van der Waals surface area (Å²) in [5.74, 6) is 0.901. The number of aromatic nitrogens is 2. The van der Waals surface area contributed by atoms with Gasteiger partial charge in [-0.2, -0.15) is 0 Å². The second-order valence-electron chi connectivity index (χ2n) is 6.72. The van der Waals surface area contributed by atoms with E-state index in [-0.39, 0.29) is 5.91 Å². The van der Waals surface area contributed by atoms with E-state index in [1.807, 2.05) is 79.7 Å². The number of hydrogen-bond donors (Lipinski definition) is 2. The van der Waals surface area contributed by atoms with Gasteiger partial charge in [0.25, 0.3) is 5.91 Å². The van der Waals surface area contributed by atoms with Crippen molar-refractivity contribution in [3.05, 3.63) is 95.3 Å². The summed E-state index contributed by atoms with van der Waals surface area (Å²) in [7, 11) is 0. The molecule has 4 aromatic rings. The number of amides is 1. The quantitative estimate of drug-likeness (QED) is 0.534. The molecule has 0 aliphatic heterocycles. The first kappa shape index (κ1) is 17.0. The van der Waals surface area contributed by atoms with Crippen molar-refractivity contribution in [2.45, 2.75) is 19.8 Å². The van der Waals surface area contributed by atoms with E-state index in [1.54, 1.807) is 0 Å². The highest BCUT2D eigenvalue weighted by Crippen LogP contribution is 2.15. The van der Waals surface area contributed by atoms with Gasteiger partial charge in [0, 0.05) is 17.7 Å². The van der Waals surface area contributed by atoms with Gasteiger partial charge < -0.3 is 10.3 Å². The summed E-state index contributed by atoms with van der Waals surface area (Å²) in [5.41, 5.74) is 5.88. The van der Waals surface area contributed by atoms with Crippen LogP contribution in [0, 0.1) is 6.92 Å². The van der Waals surface area contributed by atoms with Gasteiger partial charge in [0.15, 0.2) is 0 Å². The molecule has 0 radical (unpaired) electrons. The van der Waals surface area contributed by atoms with Crippen molar-refractivity contribution in [1.82, 2.24) is 9.97 Å². The van der Waals surface area contributed by atoms with E-state index in [4.69, 9.17) is 0 Å². The third-order valence-electron chi connectivity index (χ3n) is 4.61. The van der Waals surface area contributed by atoms with Gasteiger partial charge in [-0.1, -0.05) is 42.0 Å². The fourth-order valence-electron chi connectivity index (χ4n) is 3.05. The predicted octanol–water partition coefficient (Wildman–Crippen LogP) is 4.91. The summed E-state index contributed by atoms with van der Waals surface area (Å²) >= 11 is 0. The van der Waals surface area contributed by atoms with Crippen molar-refractivity contribution in [1.29, 1.82) is 0 Å².